The number of benzene rings is 1. The lowest BCUT2D eigenvalue weighted by atomic mass is 9.81. The molecule has 0 spiro atoms. The van der Waals surface area contributed by atoms with E-state index >= 15 is 0 Å². The largest absolute Gasteiger partial charge is 0.480 e. The summed E-state index contributed by atoms with van der Waals surface area (Å²) in [5, 5.41) is 12.2. The van der Waals surface area contributed by atoms with Gasteiger partial charge < -0.3 is 16.2 Å². The molecule has 5 heteroatoms. The van der Waals surface area contributed by atoms with Gasteiger partial charge >= 0.3 is 5.97 Å². The van der Waals surface area contributed by atoms with E-state index in [1.807, 2.05) is 19.1 Å². The van der Waals surface area contributed by atoms with Gasteiger partial charge in [-0.15, -0.1) is 0 Å². The molecule has 2 rings (SSSR count). The second-order valence-electron chi connectivity index (χ2n) is 5.83. The Bertz CT molecular complexity index is 519. The molecule has 0 aliphatic heterocycles. The number of aliphatic carboxylic acids is 1. The zero-order chi connectivity index (χ0) is 15.5. The van der Waals surface area contributed by atoms with Crippen molar-refractivity contribution in [2.45, 2.75) is 50.6 Å². The van der Waals surface area contributed by atoms with E-state index < -0.39 is 23.5 Å². The fourth-order valence-corrected chi connectivity index (χ4v) is 2.79. The fourth-order valence-electron chi connectivity index (χ4n) is 2.79. The van der Waals surface area contributed by atoms with Gasteiger partial charge in [-0.2, -0.15) is 0 Å². The first-order chi connectivity index (χ1) is 9.94. The smallest absolute Gasteiger partial charge is 0.329 e. The predicted octanol–water partition coefficient (Wildman–Crippen LogP) is 1.90. The zero-order valence-electron chi connectivity index (χ0n) is 12.3. The summed E-state index contributed by atoms with van der Waals surface area (Å²) in [5.74, 6) is -1.39. The Balaban J connectivity index is 2.11. The molecule has 0 bridgehead atoms. The number of carbonyl (C=O) groups is 2. The quantitative estimate of drug-likeness (QED) is 0.789. The van der Waals surface area contributed by atoms with Crippen molar-refractivity contribution in [1.82, 2.24) is 5.32 Å². The molecular weight excluding hydrogens is 268 g/mol. The van der Waals surface area contributed by atoms with Crippen LogP contribution in [0.2, 0.25) is 0 Å². The van der Waals surface area contributed by atoms with Crippen molar-refractivity contribution in [2.24, 2.45) is 5.73 Å². The average Bonchev–Trinajstić information content (AvgIpc) is 2.48. The number of amides is 1. The molecule has 4 N–H and O–H groups in total. The molecule has 114 valence electrons. The molecule has 1 fully saturated rings. The van der Waals surface area contributed by atoms with Crippen molar-refractivity contribution in [1.29, 1.82) is 0 Å². The highest BCUT2D eigenvalue weighted by molar-refractivity contribution is 5.90. The summed E-state index contributed by atoms with van der Waals surface area (Å²) in [4.78, 5) is 23.9. The van der Waals surface area contributed by atoms with Crippen LogP contribution in [0.25, 0.3) is 0 Å². The fraction of sp³-hybridized carbons (Fsp3) is 0.500. The van der Waals surface area contributed by atoms with Crippen molar-refractivity contribution < 1.29 is 14.7 Å². The van der Waals surface area contributed by atoms with Crippen LogP contribution >= 0.6 is 0 Å². The molecule has 21 heavy (non-hydrogen) atoms. The number of rotatable bonds is 4. The van der Waals surface area contributed by atoms with Crippen LogP contribution < -0.4 is 11.1 Å². The van der Waals surface area contributed by atoms with Crippen LogP contribution in [0.4, 0.5) is 0 Å². The summed E-state index contributed by atoms with van der Waals surface area (Å²) in [6.07, 6.45) is 3.57. The van der Waals surface area contributed by atoms with Gasteiger partial charge in [0.15, 0.2) is 0 Å². The summed E-state index contributed by atoms with van der Waals surface area (Å²) < 4.78 is 0. The van der Waals surface area contributed by atoms with Crippen LogP contribution in [0, 0.1) is 6.92 Å². The van der Waals surface area contributed by atoms with Crippen LogP contribution in [0.3, 0.4) is 0 Å². The van der Waals surface area contributed by atoms with Gasteiger partial charge in [-0.05, 0) is 25.3 Å². The number of hydrogen-bond acceptors (Lipinski definition) is 3. The maximum Gasteiger partial charge on any atom is 0.329 e. The third-order valence-electron chi connectivity index (χ3n) is 4.20. The molecule has 1 atom stereocenters. The molecule has 0 saturated heterocycles. The van der Waals surface area contributed by atoms with Gasteiger partial charge in [0.1, 0.15) is 11.6 Å². The van der Waals surface area contributed by atoms with Gasteiger partial charge in [-0.25, -0.2) is 4.79 Å². The maximum atomic E-state index is 12.3. The number of carboxylic acid groups (broad SMARTS) is 1. The highest BCUT2D eigenvalue weighted by Gasteiger charge is 2.41. The molecule has 0 heterocycles. The number of nitrogens with one attached hydrogen (secondary N) is 1. The molecule has 1 amide bonds. The number of aryl methyl sites for hydroxylation is 1. The Morgan fingerprint density at radius 1 is 1.19 bits per heavy atom. The zero-order valence-corrected chi connectivity index (χ0v) is 12.3. The molecular formula is C16H22N2O3. The minimum Gasteiger partial charge on any atom is -0.480 e. The van der Waals surface area contributed by atoms with Crippen LogP contribution in [0.15, 0.2) is 24.3 Å². The number of carbonyl (C=O) groups excluding carboxylic acids is 1. The summed E-state index contributed by atoms with van der Waals surface area (Å²) in [6, 6.07) is 6.53. The Kier molecular flexibility index (Phi) is 4.63. The third-order valence-corrected chi connectivity index (χ3v) is 4.20. The minimum absolute atomic E-state index is 0.428. The van der Waals surface area contributed by atoms with E-state index in [0.29, 0.717) is 18.4 Å². The van der Waals surface area contributed by atoms with Crippen LogP contribution in [0.1, 0.15) is 49.3 Å². The Hall–Kier alpha value is -1.88. The van der Waals surface area contributed by atoms with E-state index in [4.69, 9.17) is 5.73 Å². The lowest BCUT2D eigenvalue weighted by Crippen LogP contribution is -2.57. The predicted molar refractivity (Wildman–Crippen MR) is 79.7 cm³/mol. The molecule has 1 aromatic carbocycles. The van der Waals surface area contributed by atoms with Gasteiger partial charge in [0.05, 0.1) is 0 Å². The Morgan fingerprint density at radius 2 is 1.76 bits per heavy atom. The molecule has 1 aliphatic rings. The summed E-state index contributed by atoms with van der Waals surface area (Å²) in [5.41, 5.74) is 6.58. The lowest BCUT2D eigenvalue weighted by Gasteiger charge is -2.34. The standard InChI is InChI=1S/C16H22N2O3/c1-11-5-7-12(8-6-11)13(17)14(19)18-16(15(20)21)9-3-2-4-10-16/h5-8,13H,2-4,9-10,17H2,1H3,(H,18,19)(H,20,21). The van der Waals surface area contributed by atoms with Gasteiger partial charge in [-0.3, -0.25) is 4.79 Å². The molecule has 1 unspecified atom stereocenters. The van der Waals surface area contributed by atoms with E-state index in [0.717, 1.165) is 24.8 Å². The van der Waals surface area contributed by atoms with Crippen LogP contribution in [-0.2, 0) is 9.59 Å². The number of hydrogen-bond donors (Lipinski definition) is 3. The normalized spacial score (nSPS) is 18.8. The number of carboxylic acids is 1. The molecule has 1 aliphatic carbocycles. The van der Waals surface area contributed by atoms with Crippen molar-refractivity contribution >= 4 is 11.9 Å². The molecule has 1 aromatic rings. The monoisotopic (exact) mass is 290 g/mol. The van der Waals surface area contributed by atoms with Crippen molar-refractivity contribution in [3.63, 3.8) is 0 Å². The van der Waals surface area contributed by atoms with Crippen LogP contribution in [0.5, 0.6) is 0 Å². The van der Waals surface area contributed by atoms with Gasteiger partial charge in [-0.1, -0.05) is 49.1 Å². The number of nitrogens with two attached hydrogens (primary N) is 1. The van der Waals surface area contributed by atoms with Gasteiger partial charge in [0.25, 0.3) is 0 Å². The van der Waals surface area contributed by atoms with E-state index in [2.05, 4.69) is 5.32 Å². The molecule has 0 radical (unpaired) electrons. The highest BCUT2D eigenvalue weighted by Crippen LogP contribution is 2.29. The molecule has 1 saturated carbocycles. The topological polar surface area (TPSA) is 92.4 Å². The summed E-state index contributed by atoms with van der Waals surface area (Å²) in [7, 11) is 0. The van der Waals surface area contributed by atoms with Crippen LogP contribution in [-0.4, -0.2) is 22.5 Å². The van der Waals surface area contributed by atoms with E-state index in [9.17, 15) is 14.7 Å². The van der Waals surface area contributed by atoms with Crippen molar-refractivity contribution in [3.8, 4) is 0 Å². The Labute approximate surface area is 124 Å². The van der Waals surface area contributed by atoms with E-state index in [1.54, 1.807) is 12.1 Å². The second-order valence-corrected chi connectivity index (χ2v) is 5.83. The van der Waals surface area contributed by atoms with E-state index in [-0.39, 0.29) is 0 Å². The SMILES string of the molecule is Cc1ccc(C(N)C(=O)NC2(C(=O)O)CCCCC2)cc1. The third kappa shape index (κ3) is 3.42. The summed E-state index contributed by atoms with van der Waals surface area (Å²) >= 11 is 0. The van der Waals surface area contributed by atoms with Gasteiger partial charge in [0, 0.05) is 0 Å². The second kappa shape index (κ2) is 6.26. The first kappa shape index (κ1) is 15.5. The van der Waals surface area contributed by atoms with E-state index in [1.165, 1.54) is 0 Å². The first-order valence-corrected chi connectivity index (χ1v) is 7.32. The van der Waals surface area contributed by atoms with Crippen molar-refractivity contribution in [2.75, 3.05) is 0 Å². The highest BCUT2D eigenvalue weighted by atomic mass is 16.4. The molecule has 5 nitrogen and oxygen atoms in total. The summed E-state index contributed by atoms with van der Waals surface area (Å²) in [6.45, 7) is 1.96. The lowest BCUT2D eigenvalue weighted by molar-refractivity contribution is -0.149. The average molecular weight is 290 g/mol. The maximum absolute atomic E-state index is 12.3. The van der Waals surface area contributed by atoms with Crippen molar-refractivity contribution in [3.05, 3.63) is 35.4 Å². The first-order valence-electron chi connectivity index (χ1n) is 7.32. The molecule has 0 aromatic heterocycles. The minimum atomic E-state index is -1.16. The Morgan fingerprint density at radius 3 is 2.29 bits per heavy atom. The van der Waals surface area contributed by atoms with Gasteiger partial charge in [0.2, 0.25) is 5.91 Å².